The maximum Gasteiger partial charge on any atom is 0.306 e. The van der Waals surface area contributed by atoms with Crippen molar-refractivity contribution in [1.29, 1.82) is 0 Å². The van der Waals surface area contributed by atoms with Crippen molar-refractivity contribution >= 4 is 11.9 Å². The van der Waals surface area contributed by atoms with Crippen molar-refractivity contribution < 1.29 is 73.8 Å². The molecule has 0 radical (unpaired) electrons. The standard InChI is InChI=1S/C49H84O15/c1-3-5-7-9-11-13-14-15-16-17-18-19-20-21-22-24-26-28-30-32-41(52)62-37(34-59-40(51)31-29-27-25-23-12-10-8-6-4-2)35-60-48-47(58)45(56)43(54)39(64-48)36-61-49-46(57)44(55)42(53)38(33-50)63-49/h11,13,15-16,18-19,21-22,37-39,42-50,53-58H,3-10,12,14,17,20,23-36H2,1-2H3/b13-11+,16-15+,19-18+,22-21+/t37-,38+,39+,42-,43-,44?,45?,46?,47?,48+,49+/m1/s1. The fraction of sp³-hybridized carbons (Fsp3) is 0.796. The highest BCUT2D eigenvalue weighted by atomic mass is 16.7. The Kier molecular flexibility index (Phi) is 32.9. The fourth-order valence-corrected chi connectivity index (χ4v) is 7.26. The highest BCUT2D eigenvalue weighted by Crippen LogP contribution is 2.26. The van der Waals surface area contributed by atoms with Crippen molar-refractivity contribution in [1.82, 2.24) is 0 Å². The number of carbonyl (C=O) groups is 2. The van der Waals surface area contributed by atoms with Crippen LogP contribution in [0, 0.1) is 0 Å². The van der Waals surface area contributed by atoms with Gasteiger partial charge in [-0.1, -0.05) is 133 Å². The lowest BCUT2D eigenvalue weighted by Gasteiger charge is -2.42. The lowest BCUT2D eigenvalue weighted by molar-refractivity contribution is -0.332. The molecule has 2 aliphatic heterocycles. The number of unbranched alkanes of at least 4 members (excludes halogenated alkanes) is 14. The van der Waals surface area contributed by atoms with Crippen LogP contribution < -0.4 is 0 Å². The van der Waals surface area contributed by atoms with Crippen molar-refractivity contribution in [3.8, 4) is 0 Å². The average Bonchev–Trinajstić information content (AvgIpc) is 3.29. The van der Waals surface area contributed by atoms with Crippen molar-refractivity contribution in [3.05, 3.63) is 48.6 Å². The van der Waals surface area contributed by atoms with Crippen LogP contribution in [0.2, 0.25) is 0 Å². The average molecular weight is 913 g/mol. The Labute approximate surface area is 382 Å². The summed E-state index contributed by atoms with van der Waals surface area (Å²) in [6.07, 6.45) is 21.6. The van der Waals surface area contributed by atoms with Crippen molar-refractivity contribution in [3.63, 3.8) is 0 Å². The van der Waals surface area contributed by atoms with Crippen LogP contribution in [0.1, 0.15) is 155 Å². The predicted octanol–water partition coefficient (Wildman–Crippen LogP) is 5.93. The SMILES string of the molecule is CCCCC/C=C/C/C=C/C/C=C/C/C=C/CCCCCC(=O)O[C@H](COC(=O)CCCCCCCCCCC)CO[C@H]1O[C@@H](CO[C@H]2O[C@@H](CO)[C@@H](O)C(O)C2O)[C@@H](O)C(O)C1O. The summed E-state index contributed by atoms with van der Waals surface area (Å²) in [7, 11) is 0. The van der Waals surface area contributed by atoms with Gasteiger partial charge in [0.2, 0.25) is 0 Å². The van der Waals surface area contributed by atoms with E-state index in [2.05, 4.69) is 62.5 Å². The quantitative estimate of drug-likeness (QED) is 0.0220. The van der Waals surface area contributed by atoms with Crippen molar-refractivity contribution in [2.45, 2.75) is 223 Å². The van der Waals surface area contributed by atoms with E-state index in [0.717, 1.165) is 64.2 Å². The van der Waals surface area contributed by atoms with Crippen molar-refractivity contribution in [2.75, 3.05) is 26.4 Å². The van der Waals surface area contributed by atoms with E-state index in [0.29, 0.717) is 12.8 Å². The van der Waals surface area contributed by atoms with Crippen LogP contribution in [0.4, 0.5) is 0 Å². The Morgan fingerprint density at radius 1 is 0.500 bits per heavy atom. The molecule has 0 aromatic carbocycles. The van der Waals surface area contributed by atoms with Gasteiger partial charge in [0, 0.05) is 12.8 Å². The molecule has 15 heteroatoms. The summed E-state index contributed by atoms with van der Waals surface area (Å²) in [5, 5.41) is 71.9. The van der Waals surface area contributed by atoms with E-state index in [9.17, 15) is 45.3 Å². The number of ether oxygens (including phenoxy) is 6. The Morgan fingerprint density at radius 3 is 1.50 bits per heavy atom. The highest BCUT2D eigenvalue weighted by Gasteiger charge is 2.47. The zero-order chi connectivity index (χ0) is 46.8. The van der Waals surface area contributed by atoms with E-state index in [1.807, 2.05) is 0 Å². The van der Waals surface area contributed by atoms with Gasteiger partial charge in [0.25, 0.3) is 0 Å². The number of aliphatic hydroxyl groups excluding tert-OH is 7. The summed E-state index contributed by atoms with van der Waals surface area (Å²) in [6, 6.07) is 0. The van der Waals surface area contributed by atoms with Gasteiger partial charge in [-0.05, 0) is 57.8 Å². The lowest BCUT2D eigenvalue weighted by Crippen LogP contribution is -2.61. The molecule has 0 amide bonds. The Morgan fingerprint density at radius 2 is 0.938 bits per heavy atom. The number of hydrogen-bond acceptors (Lipinski definition) is 15. The predicted molar refractivity (Wildman–Crippen MR) is 243 cm³/mol. The van der Waals surface area contributed by atoms with E-state index < -0.39 is 99.3 Å². The number of rotatable bonds is 36. The molecule has 0 bridgehead atoms. The first kappa shape index (κ1) is 57.6. The maximum absolute atomic E-state index is 12.9. The molecule has 2 aliphatic rings. The molecule has 64 heavy (non-hydrogen) atoms. The third kappa shape index (κ3) is 24.8. The second kappa shape index (κ2) is 36.6. The van der Waals surface area contributed by atoms with Gasteiger partial charge >= 0.3 is 11.9 Å². The summed E-state index contributed by atoms with van der Waals surface area (Å²) in [5.74, 6) is -0.966. The minimum absolute atomic E-state index is 0.127. The zero-order valence-electron chi connectivity index (χ0n) is 38.8. The molecule has 2 fully saturated rings. The number of esters is 2. The summed E-state index contributed by atoms with van der Waals surface area (Å²) >= 11 is 0. The molecular formula is C49H84O15. The van der Waals surface area contributed by atoms with Gasteiger partial charge in [-0.25, -0.2) is 0 Å². The molecule has 2 saturated heterocycles. The van der Waals surface area contributed by atoms with E-state index in [1.54, 1.807) is 0 Å². The first-order valence-corrected chi connectivity index (χ1v) is 24.2. The molecule has 11 atom stereocenters. The van der Waals surface area contributed by atoms with Gasteiger partial charge in [-0.3, -0.25) is 9.59 Å². The Bertz CT molecular complexity index is 1300. The van der Waals surface area contributed by atoms with Crippen LogP contribution in [0.15, 0.2) is 48.6 Å². The van der Waals surface area contributed by atoms with Crippen LogP contribution in [0.25, 0.3) is 0 Å². The van der Waals surface area contributed by atoms with Gasteiger partial charge in [0.05, 0.1) is 19.8 Å². The smallest absolute Gasteiger partial charge is 0.306 e. The van der Waals surface area contributed by atoms with Gasteiger partial charge in [-0.15, -0.1) is 0 Å². The molecule has 0 saturated carbocycles. The van der Waals surface area contributed by atoms with Gasteiger partial charge < -0.3 is 64.2 Å². The molecule has 15 nitrogen and oxygen atoms in total. The monoisotopic (exact) mass is 913 g/mol. The molecule has 2 rings (SSSR count). The second-order valence-electron chi connectivity index (χ2n) is 16.9. The summed E-state index contributed by atoms with van der Waals surface area (Å²) in [4.78, 5) is 25.6. The van der Waals surface area contributed by atoms with Crippen molar-refractivity contribution in [2.24, 2.45) is 0 Å². The lowest BCUT2D eigenvalue weighted by atomic mass is 9.98. The fourth-order valence-electron chi connectivity index (χ4n) is 7.26. The third-order valence-electron chi connectivity index (χ3n) is 11.3. The molecule has 370 valence electrons. The van der Waals surface area contributed by atoms with Gasteiger partial charge in [0.1, 0.15) is 55.4 Å². The minimum Gasteiger partial charge on any atom is -0.462 e. The second-order valence-corrected chi connectivity index (χ2v) is 16.9. The summed E-state index contributed by atoms with van der Waals surface area (Å²) < 4.78 is 33.4. The molecule has 0 aromatic rings. The van der Waals surface area contributed by atoms with Crippen LogP contribution in [0.5, 0.6) is 0 Å². The van der Waals surface area contributed by atoms with Crippen LogP contribution >= 0.6 is 0 Å². The molecule has 0 aliphatic carbocycles. The third-order valence-corrected chi connectivity index (χ3v) is 11.3. The molecule has 2 heterocycles. The van der Waals surface area contributed by atoms with E-state index >= 15 is 0 Å². The van der Waals surface area contributed by atoms with Crippen LogP contribution in [-0.4, -0.2) is 142 Å². The summed E-state index contributed by atoms with van der Waals surface area (Å²) in [6.45, 7) is 2.48. The van der Waals surface area contributed by atoms with E-state index in [-0.39, 0.29) is 19.4 Å². The first-order valence-electron chi connectivity index (χ1n) is 24.2. The molecular weight excluding hydrogens is 829 g/mol. The number of carbonyl (C=O) groups excluding carboxylic acids is 2. The Balaban J connectivity index is 1.83. The van der Waals surface area contributed by atoms with E-state index in [1.165, 1.54) is 51.4 Å². The van der Waals surface area contributed by atoms with E-state index in [4.69, 9.17) is 28.4 Å². The normalized spacial score (nSPS) is 27.0. The minimum atomic E-state index is -1.77. The van der Waals surface area contributed by atoms with Crippen LogP contribution in [-0.2, 0) is 38.0 Å². The largest absolute Gasteiger partial charge is 0.462 e. The topological polar surface area (TPSA) is 231 Å². The van der Waals surface area contributed by atoms with Gasteiger partial charge in [-0.2, -0.15) is 0 Å². The molecule has 4 unspecified atom stereocenters. The zero-order valence-corrected chi connectivity index (χ0v) is 38.8. The van der Waals surface area contributed by atoms with Gasteiger partial charge in [0.15, 0.2) is 18.7 Å². The molecule has 0 aromatic heterocycles. The Hall–Kier alpha value is -2.54. The summed E-state index contributed by atoms with van der Waals surface area (Å²) in [5.41, 5.74) is 0. The first-order chi connectivity index (χ1) is 31.0. The number of aliphatic hydroxyl groups is 7. The highest BCUT2D eigenvalue weighted by molar-refractivity contribution is 5.70. The number of allylic oxidation sites excluding steroid dienone is 8. The molecule has 7 N–H and O–H groups in total. The maximum atomic E-state index is 12.9. The molecule has 0 spiro atoms. The number of hydrogen-bond donors (Lipinski definition) is 7. The van der Waals surface area contributed by atoms with Crippen LogP contribution in [0.3, 0.4) is 0 Å².